The Hall–Kier alpha value is -1.12. The van der Waals surface area contributed by atoms with Gasteiger partial charge in [0.05, 0.1) is 0 Å². The first-order chi connectivity index (χ1) is 8.78. The van der Waals surface area contributed by atoms with E-state index in [1.165, 1.54) is 31.5 Å². The van der Waals surface area contributed by atoms with Gasteiger partial charge in [0.2, 0.25) is 0 Å². The molecule has 0 aliphatic carbocycles. The zero-order chi connectivity index (χ0) is 12.8. The second kappa shape index (κ2) is 6.72. The van der Waals surface area contributed by atoms with Gasteiger partial charge in [0.1, 0.15) is 0 Å². The molecule has 1 aromatic rings. The van der Waals surface area contributed by atoms with Gasteiger partial charge in [-0.2, -0.15) is 0 Å². The minimum absolute atomic E-state index is 0.427. The molecular weight excluding hydrogens is 220 g/mol. The van der Waals surface area contributed by atoms with Crippen LogP contribution in [-0.4, -0.2) is 30.1 Å². The Kier molecular flexibility index (Phi) is 4.97. The summed E-state index contributed by atoms with van der Waals surface area (Å²) in [5.74, 6) is 0. The Morgan fingerprint density at radius 1 is 1.33 bits per heavy atom. The highest BCUT2D eigenvalue weighted by Crippen LogP contribution is 2.14. The van der Waals surface area contributed by atoms with Gasteiger partial charge in [-0.25, -0.2) is 0 Å². The molecule has 1 atom stereocenters. The summed E-state index contributed by atoms with van der Waals surface area (Å²) in [5, 5.41) is 3.61. The number of benzene rings is 1. The fourth-order valence-electron chi connectivity index (χ4n) is 2.54. The molecule has 1 aromatic carbocycles. The summed E-state index contributed by atoms with van der Waals surface area (Å²) in [6.07, 6.45) is 4.46. The molecule has 0 bridgehead atoms. The van der Waals surface area contributed by atoms with Crippen LogP contribution in [0.2, 0.25) is 0 Å². The van der Waals surface area contributed by atoms with Crippen molar-refractivity contribution >= 4 is 0 Å². The quantitative estimate of drug-likeness (QED) is 0.801. The normalized spacial score (nSPS) is 19.6. The van der Waals surface area contributed by atoms with Gasteiger partial charge < -0.3 is 5.32 Å². The van der Waals surface area contributed by atoms with E-state index in [9.17, 15) is 0 Å². The number of piperidine rings is 1. The molecule has 0 aromatic heterocycles. The van der Waals surface area contributed by atoms with Crippen molar-refractivity contribution < 1.29 is 0 Å². The van der Waals surface area contributed by atoms with Crippen molar-refractivity contribution in [3.8, 4) is 0 Å². The van der Waals surface area contributed by atoms with E-state index >= 15 is 0 Å². The van der Waals surface area contributed by atoms with Crippen molar-refractivity contribution in [1.82, 2.24) is 10.2 Å². The van der Waals surface area contributed by atoms with Crippen LogP contribution in [0.4, 0.5) is 0 Å². The lowest BCUT2D eigenvalue weighted by atomic mass is 10.0. The van der Waals surface area contributed by atoms with Crippen molar-refractivity contribution in [2.75, 3.05) is 13.1 Å². The molecule has 1 aliphatic rings. The number of likely N-dealkylation sites (tertiary alicyclic amines) is 1. The highest BCUT2D eigenvalue weighted by Gasteiger charge is 2.19. The van der Waals surface area contributed by atoms with Crippen LogP contribution in [0.1, 0.15) is 25.3 Å². The number of nitrogens with one attached hydrogen (secondary N) is 1. The molecule has 0 spiro atoms. The summed E-state index contributed by atoms with van der Waals surface area (Å²) in [4.78, 5) is 2.55. The molecule has 2 rings (SSSR count). The van der Waals surface area contributed by atoms with E-state index in [1.807, 2.05) is 6.08 Å². The van der Waals surface area contributed by atoms with Crippen LogP contribution >= 0.6 is 0 Å². The van der Waals surface area contributed by atoms with Crippen LogP contribution in [0.25, 0.3) is 0 Å². The summed E-state index contributed by atoms with van der Waals surface area (Å²) >= 11 is 0. The van der Waals surface area contributed by atoms with Crippen LogP contribution in [-0.2, 0) is 6.54 Å². The van der Waals surface area contributed by atoms with E-state index in [-0.39, 0.29) is 0 Å². The highest BCUT2D eigenvalue weighted by atomic mass is 15.1. The SMILES string of the molecule is C=CC(C)NC1CCN(Cc2ccccc2)CC1. The fourth-order valence-corrected chi connectivity index (χ4v) is 2.54. The van der Waals surface area contributed by atoms with E-state index in [0.717, 1.165) is 6.54 Å². The molecular formula is C16H24N2. The van der Waals surface area contributed by atoms with E-state index in [4.69, 9.17) is 0 Å². The zero-order valence-electron chi connectivity index (χ0n) is 11.3. The van der Waals surface area contributed by atoms with Crippen molar-refractivity contribution in [1.29, 1.82) is 0 Å². The Labute approximate surface area is 111 Å². The van der Waals surface area contributed by atoms with Gasteiger partial charge in [-0.1, -0.05) is 36.4 Å². The maximum atomic E-state index is 3.82. The molecule has 98 valence electrons. The molecule has 0 saturated carbocycles. The smallest absolute Gasteiger partial charge is 0.0233 e. The van der Waals surface area contributed by atoms with Crippen LogP contribution in [0.5, 0.6) is 0 Å². The molecule has 1 unspecified atom stereocenters. The molecule has 0 radical (unpaired) electrons. The lowest BCUT2D eigenvalue weighted by molar-refractivity contribution is 0.188. The first-order valence-corrected chi connectivity index (χ1v) is 6.93. The maximum Gasteiger partial charge on any atom is 0.0233 e. The zero-order valence-corrected chi connectivity index (χ0v) is 11.3. The van der Waals surface area contributed by atoms with Crippen molar-refractivity contribution in [2.45, 2.75) is 38.4 Å². The predicted molar refractivity (Wildman–Crippen MR) is 77.5 cm³/mol. The number of hydrogen-bond donors (Lipinski definition) is 1. The minimum Gasteiger partial charge on any atom is -0.308 e. The fraction of sp³-hybridized carbons (Fsp3) is 0.500. The van der Waals surface area contributed by atoms with Gasteiger partial charge in [-0.3, -0.25) is 4.90 Å². The molecule has 2 nitrogen and oxygen atoms in total. The Balaban J connectivity index is 1.75. The monoisotopic (exact) mass is 244 g/mol. The lowest BCUT2D eigenvalue weighted by Gasteiger charge is -2.33. The minimum atomic E-state index is 0.427. The second-order valence-electron chi connectivity index (χ2n) is 5.23. The average molecular weight is 244 g/mol. The average Bonchev–Trinajstić information content (AvgIpc) is 2.42. The third kappa shape index (κ3) is 3.97. The lowest BCUT2D eigenvalue weighted by Crippen LogP contribution is -2.44. The van der Waals surface area contributed by atoms with Crippen LogP contribution in [0, 0.1) is 0 Å². The summed E-state index contributed by atoms with van der Waals surface area (Å²) in [7, 11) is 0. The maximum absolute atomic E-state index is 3.82. The van der Waals surface area contributed by atoms with Gasteiger partial charge >= 0.3 is 0 Å². The number of hydrogen-bond acceptors (Lipinski definition) is 2. The topological polar surface area (TPSA) is 15.3 Å². The largest absolute Gasteiger partial charge is 0.308 e. The Morgan fingerprint density at radius 2 is 2.00 bits per heavy atom. The molecule has 1 saturated heterocycles. The molecule has 0 amide bonds. The van der Waals surface area contributed by atoms with Crippen molar-refractivity contribution in [2.24, 2.45) is 0 Å². The first-order valence-electron chi connectivity index (χ1n) is 6.93. The van der Waals surface area contributed by atoms with E-state index < -0.39 is 0 Å². The molecule has 1 aliphatic heterocycles. The molecule has 1 fully saturated rings. The van der Waals surface area contributed by atoms with E-state index in [1.54, 1.807) is 0 Å². The third-order valence-corrected chi connectivity index (χ3v) is 3.69. The van der Waals surface area contributed by atoms with Crippen LogP contribution in [0.3, 0.4) is 0 Å². The van der Waals surface area contributed by atoms with Crippen molar-refractivity contribution in [3.05, 3.63) is 48.6 Å². The van der Waals surface area contributed by atoms with Gasteiger partial charge in [0.25, 0.3) is 0 Å². The molecule has 2 heteroatoms. The molecule has 18 heavy (non-hydrogen) atoms. The number of nitrogens with zero attached hydrogens (tertiary/aromatic N) is 1. The summed E-state index contributed by atoms with van der Waals surface area (Å²) in [5.41, 5.74) is 1.42. The highest BCUT2D eigenvalue weighted by molar-refractivity contribution is 5.14. The van der Waals surface area contributed by atoms with Gasteiger partial charge in [0.15, 0.2) is 0 Å². The summed E-state index contributed by atoms with van der Waals surface area (Å²) in [6, 6.07) is 11.8. The van der Waals surface area contributed by atoms with E-state index in [2.05, 4.69) is 54.1 Å². The van der Waals surface area contributed by atoms with Crippen LogP contribution < -0.4 is 5.32 Å². The predicted octanol–water partition coefficient (Wildman–Crippen LogP) is 2.82. The molecule has 1 heterocycles. The Bertz CT molecular complexity index is 353. The number of rotatable bonds is 5. The Morgan fingerprint density at radius 3 is 2.61 bits per heavy atom. The summed E-state index contributed by atoms with van der Waals surface area (Å²) < 4.78 is 0. The van der Waals surface area contributed by atoms with Crippen LogP contribution in [0.15, 0.2) is 43.0 Å². The van der Waals surface area contributed by atoms with Gasteiger partial charge in [-0.05, 0) is 38.4 Å². The van der Waals surface area contributed by atoms with E-state index in [0.29, 0.717) is 12.1 Å². The third-order valence-electron chi connectivity index (χ3n) is 3.69. The van der Waals surface area contributed by atoms with Gasteiger partial charge in [0, 0.05) is 18.6 Å². The summed E-state index contributed by atoms with van der Waals surface area (Å²) in [6.45, 7) is 9.46. The van der Waals surface area contributed by atoms with Gasteiger partial charge in [-0.15, -0.1) is 6.58 Å². The van der Waals surface area contributed by atoms with Crippen molar-refractivity contribution in [3.63, 3.8) is 0 Å². The second-order valence-corrected chi connectivity index (χ2v) is 5.23. The first kappa shape index (κ1) is 13.3. The molecule has 1 N–H and O–H groups in total. The standard InChI is InChI=1S/C16H24N2/c1-3-14(2)17-16-9-11-18(12-10-16)13-15-7-5-4-6-8-15/h3-8,14,16-17H,1,9-13H2,2H3.